The predicted octanol–water partition coefficient (Wildman–Crippen LogP) is 0.447. The van der Waals surface area contributed by atoms with Crippen LogP contribution in [0.4, 0.5) is 0 Å². The number of halogens is 1. The average Bonchev–Trinajstić information content (AvgIpc) is 2.75. The van der Waals surface area contributed by atoms with Gasteiger partial charge in [-0.15, -0.1) is 0 Å². The second-order valence-electron chi connectivity index (χ2n) is 4.32. The molecule has 0 aliphatic rings. The van der Waals surface area contributed by atoms with Crippen LogP contribution in [0.25, 0.3) is 0 Å². The first kappa shape index (κ1) is 15.5. The molecule has 0 radical (unpaired) electrons. The van der Waals surface area contributed by atoms with Crippen LogP contribution in [0, 0.1) is 0 Å². The third kappa shape index (κ3) is 7.75. The molecule has 16 heavy (non-hydrogen) atoms. The lowest BCUT2D eigenvalue weighted by Gasteiger charge is -2.00. The molecule has 0 aliphatic heterocycles. The summed E-state index contributed by atoms with van der Waals surface area (Å²) in [6, 6.07) is 0. The predicted molar refractivity (Wildman–Crippen MR) is 63.6 cm³/mol. The van der Waals surface area contributed by atoms with Gasteiger partial charge >= 0.3 is 0 Å². The van der Waals surface area contributed by atoms with Gasteiger partial charge in [0.15, 0.2) is 0 Å². The van der Waals surface area contributed by atoms with E-state index in [0.29, 0.717) is 0 Å². The van der Waals surface area contributed by atoms with Gasteiger partial charge in [-0.2, -0.15) is 0 Å². The molecule has 94 valence electrons. The fraction of sp³-hybridized carbons (Fsp3) is 0.769. The lowest BCUT2D eigenvalue weighted by molar-refractivity contribution is -0.696. The van der Waals surface area contributed by atoms with Crippen LogP contribution in [0.2, 0.25) is 0 Å². The molecular formula is C13H25ClN2. The molecule has 2 nitrogen and oxygen atoms in total. The first-order valence-corrected chi connectivity index (χ1v) is 6.45. The Morgan fingerprint density at radius 3 is 2.12 bits per heavy atom. The summed E-state index contributed by atoms with van der Waals surface area (Å²) in [5, 5.41) is 0. The van der Waals surface area contributed by atoms with Crippen molar-refractivity contribution in [3.63, 3.8) is 0 Å². The molecule has 3 heteroatoms. The van der Waals surface area contributed by atoms with Crippen LogP contribution < -0.4 is 17.0 Å². The van der Waals surface area contributed by atoms with E-state index in [-0.39, 0.29) is 12.4 Å². The van der Waals surface area contributed by atoms with Gasteiger partial charge < -0.3 is 12.4 Å². The van der Waals surface area contributed by atoms with Crippen molar-refractivity contribution in [1.29, 1.82) is 0 Å². The molecule has 0 saturated heterocycles. The topological polar surface area (TPSA) is 19.7 Å². The zero-order chi connectivity index (χ0) is 10.8. The van der Waals surface area contributed by atoms with Gasteiger partial charge in [-0.05, 0) is 12.8 Å². The van der Waals surface area contributed by atoms with E-state index in [0.717, 1.165) is 0 Å². The summed E-state index contributed by atoms with van der Waals surface area (Å²) in [6.45, 7) is 3.44. The van der Waals surface area contributed by atoms with Crippen molar-refractivity contribution in [3.05, 3.63) is 18.7 Å². The Kier molecular flexibility index (Phi) is 10.7. The number of imidazole rings is 1. The van der Waals surface area contributed by atoms with E-state index in [1.165, 1.54) is 57.9 Å². The highest BCUT2D eigenvalue weighted by Crippen LogP contribution is 2.07. The Hall–Kier alpha value is -0.500. The van der Waals surface area contributed by atoms with Crippen molar-refractivity contribution in [2.75, 3.05) is 0 Å². The highest BCUT2D eigenvalue weighted by molar-refractivity contribution is 4.55. The van der Waals surface area contributed by atoms with E-state index < -0.39 is 0 Å². The van der Waals surface area contributed by atoms with Crippen molar-refractivity contribution in [2.45, 2.75) is 64.8 Å². The Labute approximate surface area is 106 Å². The van der Waals surface area contributed by atoms with Crippen LogP contribution in [0.1, 0.15) is 58.3 Å². The van der Waals surface area contributed by atoms with Crippen LogP contribution >= 0.6 is 0 Å². The molecule has 0 fully saturated rings. The number of aromatic amines is 1. The molecule has 0 spiro atoms. The lowest BCUT2D eigenvalue weighted by atomic mass is 10.1. The second kappa shape index (κ2) is 11.0. The molecule has 0 amide bonds. The van der Waals surface area contributed by atoms with Gasteiger partial charge in [-0.1, -0.05) is 45.4 Å². The normalized spacial score (nSPS) is 10.1. The fourth-order valence-corrected chi connectivity index (χ4v) is 1.89. The number of rotatable bonds is 9. The number of hydrogen-bond acceptors (Lipinski definition) is 0. The van der Waals surface area contributed by atoms with Gasteiger partial charge in [0, 0.05) is 0 Å². The first-order chi connectivity index (χ1) is 7.43. The summed E-state index contributed by atoms with van der Waals surface area (Å²) in [6.07, 6.45) is 17.3. The number of nitrogens with one attached hydrogen (secondary N) is 1. The lowest BCUT2D eigenvalue weighted by Crippen LogP contribution is -3.00. The van der Waals surface area contributed by atoms with E-state index in [9.17, 15) is 0 Å². The smallest absolute Gasteiger partial charge is 0.241 e. The number of H-pyrrole nitrogens is 1. The summed E-state index contributed by atoms with van der Waals surface area (Å²) in [5.41, 5.74) is 0. The van der Waals surface area contributed by atoms with Gasteiger partial charge in [0.1, 0.15) is 12.4 Å². The van der Waals surface area contributed by atoms with E-state index in [4.69, 9.17) is 0 Å². The van der Waals surface area contributed by atoms with E-state index in [2.05, 4.69) is 22.7 Å². The quantitative estimate of drug-likeness (QED) is 0.481. The van der Waals surface area contributed by atoms with Crippen LogP contribution in [0.15, 0.2) is 18.7 Å². The van der Waals surface area contributed by atoms with Gasteiger partial charge in [0.05, 0.1) is 6.54 Å². The molecule has 1 aromatic rings. The maximum absolute atomic E-state index is 3.07. The first-order valence-electron chi connectivity index (χ1n) is 6.45. The van der Waals surface area contributed by atoms with Gasteiger partial charge in [-0.25, -0.2) is 4.57 Å². The molecule has 1 rings (SSSR count). The fourth-order valence-electron chi connectivity index (χ4n) is 1.89. The van der Waals surface area contributed by atoms with Crippen molar-refractivity contribution < 1.29 is 17.0 Å². The minimum atomic E-state index is 0. The van der Waals surface area contributed by atoms with Crippen molar-refractivity contribution in [1.82, 2.24) is 4.98 Å². The van der Waals surface area contributed by atoms with Crippen LogP contribution in [-0.2, 0) is 6.54 Å². The Balaban J connectivity index is 0.00000225. The molecule has 0 saturated carbocycles. The maximum Gasteiger partial charge on any atom is 0.241 e. The Morgan fingerprint density at radius 2 is 1.56 bits per heavy atom. The minimum absolute atomic E-state index is 0. The molecule has 0 aliphatic carbocycles. The summed E-state index contributed by atoms with van der Waals surface area (Å²) < 4.78 is 2.22. The molecule has 0 aromatic carbocycles. The second-order valence-corrected chi connectivity index (χ2v) is 4.32. The van der Waals surface area contributed by atoms with Crippen molar-refractivity contribution in [3.8, 4) is 0 Å². The van der Waals surface area contributed by atoms with E-state index in [1.54, 1.807) is 0 Å². The molecular weight excluding hydrogens is 220 g/mol. The molecule has 0 atom stereocenters. The number of unbranched alkanes of at least 4 members (excludes halogenated alkanes) is 7. The monoisotopic (exact) mass is 244 g/mol. The van der Waals surface area contributed by atoms with Crippen LogP contribution in [-0.4, -0.2) is 4.98 Å². The highest BCUT2D eigenvalue weighted by atomic mass is 35.5. The van der Waals surface area contributed by atoms with E-state index in [1.807, 2.05) is 12.5 Å². The minimum Gasteiger partial charge on any atom is -1.00 e. The molecule has 1 heterocycles. The molecule has 1 aromatic heterocycles. The zero-order valence-electron chi connectivity index (χ0n) is 10.4. The number of aromatic nitrogens is 2. The molecule has 0 unspecified atom stereocenters. The zero-order valence-corrected chi connectivity index (χ0v) is 11.2. The maximum atomic E-state index is 3.07. The van der Waals surface area contributed by atoms with Crippen molar-refractivity contribution >= 4 is 0 Å². The number of nitrogens with zero attached hydrogens (tertiary/aromatic N) is 1. The largest absolute Gasteiger partial charge is 1.00 e. The number of aryl methyl sites for hydroxylation is 1. The standard InChI is InChI=1S/C13H24N2.ClH/c1-2-3-4-5-6-7-8-9-11-15-12-10-14-13-15;/h10,12-13H,2-9,11H2,1H3;1H. The summed E-state index contributed by atoms with van der Waals surface area (Å²) >= 11 is 0. The van der Waals surface area contributed by atoms with Crippen LogP contribution in [0.5, 0.6) is 0 Å². The summed E-state index contributed by atoms with van der Waals surface area (Å²) in [5.74, 6) is 0. The SMILES string of the molecule is CCCCCCCCCC[n+]1cc[nH]c1.[Cl-]. The summed E-state index contributed by atoms with van der Waals surface area (Å²) in [4.78, 5) is 3.07. The van der Waals surface area contributed by atoms with Crippen LogP contribution in [0.3, 0.4) is 0 Å². The third-order valence-corrected chi connectivity index (χ3v) is 2.87. The summed E-state index contributed by atoms with van der Waals surface area (Å²) in [7, 11) is 0. The van der Waals surface area contributed by atoms with Crippen molar-refractivity contribution in [2.24, 2.45) is 0 Å². The van der Waals surface area contributed by atoms with Gasteiger partial charge in [-0.3, -0.25) is 4.98 Å². The molecule has 0 bridgehead atoms. The molecule has 1 N–H and O–H groups in total. The van der Waals surface area contributed by atoms with Gasteiger partial charge in [0.25, 0.3) is 0 Å². The van der Waals surface area contributed by atoms with Gasteiger partial charge in [0.2, 0.25) is 6.33 Å². The third-order valence-electron chi connectivity index (χ3n) is 2.87. The average molecular weight is 245 g/mol. The van der Waals surface area contributed by atoms with E-state index >= 15 is 0 Å². The Morgan fingerprint density at radius 1 is 0.938 bits per heavy atom. The highest BCUT2D eigenvalue weighted by Gasteiger charge is 1.96. The Bertz CT molecular complexity index is 222. The number of hydrogen-bond donors (Lipinski definition) is 1.